The number of aromatic nitrogens is 1. The van der Waals surface area contributed by atoms with Crippen molar-refractivity contribution < 1.29 is 23.4 Å². The number of likely N-dealkylation sites (tertiary alicyclic amines) is 1. The predicted molar refractivity (Wildman–Crippen MR) is 139 cm³/mol. The Bertz CT molecular complexity index is 1230. The molecule has 0 spiro atoms. The Hall–Kier alpha value is -2.42. The van der Waals surface area contributed by atoms with Gasteiger partial charge < -0.3 is 14.7 Å². The van der Waals surface area contributed by atoms with Crippen LogP contribution < -0.4 is 4.74 Å². The third-order valence-corrected chi connectivity index (χ3v) is 8.19. The van der Waals surface area contributed by atoms with Crippen LogP contribution in [0, 0.1) is 23.5 Å². The normalized spacial score (nSPS) is 18.4. The van der Waals surface area contributed by atoms with Crippen LogP contribution in [0.2, 0.25) is 5.02 Å². The Kier molecular flexibility index (Phi) is 9.04. The molecular formula is C27H29ClF2N2O3S. The van der Waals surface area contributed by atoms with Crippen LogP contribution in [-0.4, -0.2) is 53.5 Å². The van der Waals surface area contributed by atoms with Gasteiger partial charge in [0.15, 0.2) is 0 Å². The van der Waals surface area contributed by atoms with E-state index >= 15 is 0 Å². The van der Waals surface area contributed by atoms with Crippen LogP contribution in [0.15, 0.2) is 47.5 Å². The van der Waals surface area contributed by atoms with Crippen LogP contribution in [0.4, 0.5) is 8.78 Å². The summed E-state index contributed by atoms with van der Waals surface area (Å²) in [5.41, 5.74) is 1.86. The number of carboxylic acid groups (broad SMARTS) is 1. The summed E-state index contributed by atoms with van der Waals surface area (Å²) in [7, 11) is 1.62. The van der Waals surface area contributed by atoms with E-state index in [2.05, 4.69) is 9.88 Å². The Morgan fingerprint density at radius 1 is 1.28 bits per heavy atom. The molecule has 9 heteroatoms. The molecule has 1 saturated heterocycles. The number of benzene rings is 2. The summed E-state index contributed by atoms with van der Waals surface area (Å²) in [6, 6.07) is 9.14. The summed E-state index contributed by atoms with van der Waals surface area (Å²) in [6.45, 7) is 1.87. The second-order valence-corrected chi connectivity index (χ2v) is 10.6. The molecule has 1 aliphatic rings. The van der Waals surface area contributed by atoms with Crippen molar-refractivity contribution >= 4 is 40.2 Å². The SMILES string of the molecule is COc1ccc2ncc(Cl)c(CCCC3CCN(CCSc4cc(F)ccc4F)CC3C(=O)O)c2c1. The molecule has 2 heterocycles. The number of carboxylic acids is 1. The zero-order chi connectivity index (χ0) is 25.7. The average molecular weight is 535 g/mol. The number of nitrogens with zero attached hydrogens (tertiary/aromatic N) is 2. The predicted octanol–water partition coefficient (Wildman–Crippen LogP) is 6.31. The van der Waals surface area contributed by atoms with E-state index in [1.807, 2.05) is 18.2 Å². The molecule has 1 aliphatic heterocycles. The van der Waals surface area contributed by atoms with E-state index in [4.69, 9.17) is 16.3 Å². The molecule has 0 amide bonds. The molecule has 5 nitrogen and oxygen atoms in total. The molecular weight excluding hydrogens is 506 g/mol. The molecule has 0 bridgehead atoms. The van der Waals surface area contributed by atoms with Gasteiger partial charge in [-0.15, -0.1) is 11.8 Å². The molecule has 2 unspecified atom stereocenters. The van der Waals surface area contributed by atoms with Gasteiger partial charge in [-0.3, -0.25) is 9.78 Å². The summed E-state index contributed by atoms with van der Waals surface area (Å²) >= 11 is 7.73. The Balaban J connectivity index is 1.32. The minimum atomic E-state index is -0.786. The number of fused-ring (bicyclic) bond motifs is 1. The minimum absolute atomic E-state index is 0.0773. The van der Waals surface area contributed by atoms with Crippen molar-refractivity contribution in [2.45, 2.75) is 30.6 Å². The summed E-state index contributed by atoms with van der Waals surface area (Å²) in [6.07, 6.45) is 4.79. The molecule has 1 N–H and O–H groups in total. The van der Waals surface area contributed by atoms with E-state index in [-0.39, 0.29) is 10.8 Å². The van der Waals surface area contributed by atoms with Gasteiger partial charge in [0.25, 0.3) is 0 Å². The highest BCUT2D eigenvalue weighted by molar-refractivity contribution is 7.99. The lowest BCUT2D eigenvalue weighted by molar-refractivity contribution is -0.146. The number of aliphatic carboxylic acids is 1. The number of thioether (sulfide) groups is 1. The number of aryl methyl sites for hydroxylation is 1. The van der Waals surface area contributed by atoms with Gasteiger partial charge in [0, 0.05) is 35.3 Å². The fourth-order valence-electron chi connectivity index (χ4n) is 4.89. The highest BCUT2D eigenvalue weighted by atomic mass is 35.5. The number of ether oxygens (including phenoxy) is 1. The van der Waals surface area contributed by atoms with Gasteiger partial charge in [0.2, 0.25) is 0 Å². The van der Waals surface area contributed by atoms with Crippen LogP contribution in [0.3, 0.4) is 0 Å². The number of pyridine rings is 1. The summed E-state index contributed by atoms with van der Waals surface area (Å²) < 4.78 is 32.6. The molecule has 0 radical (unpaired) electrons. The number of carbonyl (C=O) groups is 1. The van der Waals surface area contributed by atoms with Crippen molar-refractivity contribution in [1.29, 1.82) is 0 Å². The maximum Gasteiger partial charge on any atom is 0.308 e. The third-order valence-electron chi connectivity index (χ3n) is 6.85. The maximum absolute atomic E-state index is 13.8. The summed E-state index contributed by atoms with van der Waals surface area (Å²) in [4.78, 5) is 18.8. The number of halogens is 3. The number of rotatable bonds is 10. The molecule has 2 aromatic carbocycles. The Morgan fingerprint density at radius 2 is 2.11 bits per heavy atom. The van der Waals surface area contributed by atoms with Gasteiger partial charge in [-0.25, -0.2) is 8.78 Å². The van der Waals surface area contributed by atoms with E-state index in [0.717, 1.165) is 66.6 Å². The standard InChI is InChI=1S/C27H29ClF2N2O3S/c1-35-19-6-8-25-21(14-19)20(23(28)15-31-25)4-2-3-17-9-10-32(16-22(17)27(33)34)11-12-36-26-13-18(29)5-7-24(26)30/h5-8,13-15,17,22H,2-4,9-12,16H2,1H3,(H,33,34). The van der Waals surface area contributed by atoms with Crippen molar-refractivity contribution in [3.63, 3.8) is 0 Å². The molecule has 1 aromatic heterocycles. The minimum Gasteiger partial charge on any atom is -0.497 e. The molecule has 192 valence electrons. The van der Waals surface area contributed by atoms with Gasteiger partial charge in [-0.05, 0) is 80.1 Å². The molecule has 2 atom stereocenters. The second-order valence-electron chi connectivity index (χ2n) is 9.08. The van der Waals surface area contributed by atoms with Crippen molar-refractivity contribution in [3.8, 4) is 5.75 Å². The lowest BCUT2D eigenvalue weighted by Gasteiger charge is -2.36. The lowest BCUT2D eigenvalue weighted by Crippen LogP contribution is -2.44. The third kappa shape index (κ3) is 6.47. The van der Waals surface area contributed by atoms with E-state index < -0.39 is 23.5 Å². The average Bonchev–Trinajstić information content (AvgIpc) is 2.87. The van der Waals surface area contributed by atoms with E-state index in [1.54, 1.807) is 13.3 Å². The Labute approximate surface area is 218 Å². The van der Waals surface area contributed by atoms with Crippen molar-refractivity contribution in [1.82, 2.24) is 9.88 Å². The van der Waals surface area contributed by atoms with Gasteiger partial charge in [0.1, 0.15) is 17.4 Å². The van der Waals surface area contributed by atoms with E-state index in [0.29, 0.717) is 23.9 Å². The first-order valence-corrected chi connectivity index (χ1v) is 13.4. The van der Waals surface area contributed by atoms with Crippen LogP contribution in [0.25, 0.3) is 10.9 Å². The first-order valence-electron chi connectivity index (χ1n) is 12.0. The monoisotopic (exact) mass is 534 g/mol. The van der Waals surface area contributed by atoms with Crippen molar-refractivity contribution in [2.24, 2.45) is 11.8 Å². The molecule has 0 saturated carbocycles. The summed E-state index contributed by atoms with van der Waals surface area (Å²) in [5, 5.41) is 11.5. The zero-order valence-corrected chi connectivity index (χ0v) is 21.6. The topological polar surface area (TPSA) is 62.7 Å². The zero-order valence-electron chi connectivity index (χ0n) is 20.1. The van der Waals surface area contributed by atoms with E-state index in [9.17, 15) is 18.7 Å². The fraction of sp³-hybridized carbons (Fsp3) is 0.407. The van der Waals surface area contributed by atoms with Gasteiger partial charge >= 0.3 is 5.97 Å². The smallest absolute Gasteiger partial charge is 0.308 e. The molecule has 36 heavy (non-hydrogen) atoms. The van der Waals surface area contributed by atoms with Crippen LogP contribution >= 0.6 is 23.4 Å². The Morgan fingerprint density at radius 3 is 2.89 bits per heavy atom. The van der Waals surface area contributed by atoms with Crippen LogP contribution in [0.5, 0.6) is 5.75 Å². The highest BCUT2D eigenvalue weighted by Gasteiger charge is 2.33. The van der Waals surface area contributed by atoms with E-state index in [1.165, 1.54) is 17.8 Å². The highest BCUT2D eigenvalue weighted by Crippen LogP contribution is 2.32. The summed E-state index contributed by atoms with van der Waals surface area (Å²) in [5.74, 6) is -0.771. The maximum atomic E-state index is 13.8. The quantitative estimate of drug-likeness (QED) is 0.307. The largest absolute Gasteiger partial charge is 0.497 e. The first kappa shape index (κ1) is 26.6. The molecule has 1 fully saturated rings. The van der Waals surface area contributed by atoms with Crippen molar-refractivity contribution in [3.05, 3.63) is 64.8 Å². The second kappa shape index (κ2) is 12.2. The number of hydrogen-bond acceptors (Lipinski definition) is 5. The fourth-order valence-corrected chi connectivity index (χ4v) is 6.11. The molecule has 0 aliphatic carbocycles. The molecule has 3 aromatic rings. The first-order chi connectivity index (χ1) is 17.4. The lowest BCUT2D eigenvalue weighted by atomic mass is 9.81. The number of piperidine rings is 1. The van der Waals surface area contributed by atoms with Gasteiger partial charge in [0.05, 0.1) is 23.6 Å². The van der Waals surface area contributed by atoms with Crippen LogP contribution in [-0.2, 0) is 11.2 Å². The van der Waals surface area contributed by atoms with Gasteiger partial charge in [-0.2, -0.15) is 0 Å². The number of methoxy groups -OCH3 is 1. The van der Waals surface area contributed by atoms with Crippen LogP contribution in [0.1, 0.15) is 24.8 Å². The molecule has 4 rings (SSSR count). The number of hydrogen-bond donors (Lipinski definition) is 1. The van der Waals surface area contributed by atoms with Gasteiger partial charge in [-0.1, -0.05) is 11.6 Å². The van der Waals surface area contributed by atoms with Crippen molar-refractivity contribution in [2.75, 3.05) is 32.5 Å².